The highest BCUT2D eigenvalue weighted by Gasteiger charge is 2.13. The molecule has 3 heterocycles. The van der Waals surface area contributed by atoms with Crippen LogP contribution in [0.2, 0.25) is 0 Å². The molecular weight excluding hydrogens is 398 g/mol. The Morgan fingerprint density at radius 1 is 1.23 bits per heavy atom. The van der Waals surface area contributed by atoms with E-state index in [1.54, 1.807) is 30.5 Å². The van der Waals surface area contributed by atoms with Gasteiger partial charge < -0.3 is 15.2 Å². The average molecular weight is 422 g/mol. The standard InChI is InChI=1S/C22H23N5O2S/c1-2-10-27-21(29)17-8-6-15(13-18(17)25-22(27)30)20(28)24-16-7-9-19(23-14-16)26-11-4-3-5-12-26/h2,6-9,13-14H,1,3-5,10-12H2,(H,24,28)(H,25,30). The molecule has 0 aliphatic carbocycles. The fourth-order valence-electron chi connectivity index (χ4n) is 3.66. The fraction of sp³-hybridized carbons (Fsp3) is 0.273. The van der Waals surface area contributed by atoms with Gasteiger partial charge in [-0.25, -0.2) is 4.98 Å². The molecular formula is C22H23N5O2S. The third kappa shape index (κ3) is 4.04. The maximum atomic E-state index is 12.7. The number of rotatable bonds is 5. The second kappa shape index (κ2) is 8.62. The van der Waals surface area contributed by atoms with E-state index >= 15 is 0 Å². The molecule has 8 heteroatoms. The van der Waals surface area contributed by atoms with Crippen LogP contribution in [0.25, 0.3) is 10.9 Å². The number of benzene rings is 1. The average Bonchev–Trinajstić information content (AvgIpc) is 2.77. The number of H-pyrrole nitrogens is 1. The van der Waals surface area contributed by atoms with E-state index in [9.17, 15) is 9.59 Å². The highest BCUT2D eigenvalue weighted by Crippen LogP contribution is 2.19. The monoisotopic (exact) mass is 421 g/mol. The number of piperidine rings is 1. The molecule has 2 N–H and O–H groups in total. The predicted octanol–water partition coefficient (Wildman–Crippen LogP) is 3.88. The highest BCUT2D eigenvalue weighted by molar-refractivity contribution is 7.71. The lowest BCUT2D eigenvalue weighted by atomic mass is 10.1. The van der Waals surface area contributed by atoms with E-state index in [0.717, 1.165) is 18.9 Å². The second-order valence-electron chi connectivity index (χ2n) is 7.30. The molecule has 0 bridgehead atoms. The number of carbonyl (C=O) groups excluding carboxylic acids is 1. The quantitative estimate of drug-likeness (QED) is 0.483. The third-order valence-corrected chi connectivity index (χ3v) is 5.56. The molecule has 1 fully saturated rings. The molecule has 3 aromatic rings. The van der Waals surface area contributed by atoms with Crippen molar-refractivity contribution in [3.05, 3.63) is 69.9 Å². The molecule has 0 spiro atoms. The van der Waals surface area contributed by atoms with Crippen molar-refractivity contribution in [1.29, 1.82) is 0 Å². The Morgan fingerprint density at radius 2 is 2.03 bits per heavy atom. The minimum Gasteiger partial charge on any atom is -0.357 e. The molecule has 154 valence electrons. The fourth-order valence-corrected chi connectivity index (χ4v) is 3.93. The van der Waals surface area contributed by atoms with Crippen molar-refractivity contribution in [3.8, 4) is 0 Å². The summed E-state index contributed by atoms with van der Waals surface area (Å²) in [7, 11) is 0. The Bertz CT molecular complexity index is 1210. The smallest absolute Gasteiger partial charge is 0.262 e. The van der Waals surface area contributed by atoms with Crippen molar-refractivity contribution in [2.24, 2.45) is 0 Å². The number of aromatic nitrogens is 3. The van der Waals surface area contributed by atoms with E-state index in [2.05, 4.69) is 26.8 Å². The Morgan fingerprint density at radius 3 is 2.73 bits per heavy atom. The number of fused-ring (bicyclic) bond motifs is 1. The normalized spacial score (nSPS) is 13.9. The summed E-state index contributed by atoms with van der Waals surface area (Å²) in [5, 5.41) is 3.32. The Kier molecular flexibility index (Phi) is 5.76. The van der Waals surface area contributed by atoms with Gasteiger partial charge in [-0.1, -0.05) is 6.08 Å². The van der Waals surface area contributed by atoms with Gasteiger partial charge in [-0.3, -0.25) is 14.2 Å². The summed E-state index contributed by atoms with van der Waals surface area (Å²) in [6.45, 7) is 6.01. The first-order valence-electron chi connectivity index (χ1n) is 9.97. The van der Waals surface area contributed by atoms with E-state index in [1.165, 1.54) is 23.8 Å². The van der Waals surface area contributed by atoms with Crippen molar-refractivity contribution >= 4 is 40.5 Å². The van der Waals surface area contributed by atoms with Gasteiger partial charge in [0.25, 0.3) is 11.5 Å². The van der Waals surface area contributed by atoms with Crippen LogP contribution in [0.1, 0.15) is 29.6 Å². The highest BCUT2D eigenvalue weighted by atomic mass is 32.1. The van der Waals surface area contributed by atoms with Gasteiger partial charge in [0.05, 0.1) is 22.8 Å². The summed E-state index contributed by atoms with van der Waals surface area (Å²) in [6, 6.07) is 8.69. The second-order valence-corrected chi connectivity index (χ2v) is 7.69. The summed E-state index contributed by atoms with van der Waals surface area (Å²) < 4.78 is 1.72. The molecule has 0 atom stereocenters. The zero-order chi connectivity index (χ0) is 21.1. The largest absolute Gasteiger partial charge is 0.357 e. The number of pyridine rings is 1. The molecule has 0 saturated carbocycles. The van der Waals surface area contributed by atoms with Crippen LogP contribution < -0.4 is 15.8 Å². The summed E-state index contributed by atoms with van der Waals surface area (Å²) in [5.74, 6) is 0.654. The summed E-state index contributed by atoms with van der Waals surface area (Å²) in [4.78, 5) is 35.1. The molecule has 30 heavy (non-hydrogen) atoms. The number of aromatic amines is 1. The molecule has 0 radical (unpaired) electrons. The van der Waals surface area contributed by atoms with Crippen LogP contribution in [0.5, 0.6) is 0 Å². The molecule has 1 amide bonds. The van der Waals surface area contributed by atoms with Crippen LogP contribution in [0, 0.1) is 4.77 Å². The van der Waals surface area contributed by atoms with Gasteiger partial charge in [-0.05, 0) is 61.8 Å². The van der Waals surface area contributed by atoms with Gasteiger partial charge in [-0.2, -0.15) is 0 Å². The Hall–Kier alpha value is -3.26. The topological polar surface area (TPSA) is 83.0 Å². The zero-order valence-corrected chi connectivity index (χ0v) is 17.4. The first-order valence-corrected chi connectivity index (χ1v) is 10.4. The minimum atomic E-state index is -0.279. The maximum absolute atomic E-state index is 12.7. The van der Waals surface area contributed by atoms with Crippen LogP contribution >= 0.6 is 12.2 Å². The van der Waals surface area contributed by atoms with Gasteiger partial charge >= 0.3 is 0 Å². The number of allylic oxidation sites excluding steroid dienone is 1. The zero-order valence-electron chi connectivity index (χ0n) is 16.6. The van der Waals surface area contributed by atoms with Crippen LogP contribution in [0.4, 0.5) is 11.5 Å². The Balaban J connectivity index is 1.54. The van der Waals surface area contributed by atoms with Crippen LogP contribution in [-0.2, 0) is 6.54 Å². The van der Waals surface area contributed by atoms with Crippen LogP contribution in [0.3, 0.4) is 0 Å². The van der Waals surface area contributed by atoms with E-state index in [-0.39, 0.29) is 11.5 Å². The number of amides is 1. The minimum absolute atomic E-state index is 0.210. The predicted molar refractivity (Wildman–Crippen MR) is 122 cm³/mol. The number of hydrogen-bond donors (Lipinski definition) is 2. The third-order valence-electron chi connectivity index (χ3n) is 5.24. The van der Waals surface area contributed by atoms with Gasteiger partial charge in [0, 0.05) is 25.2 Å². The van der Waals surface area contributed by atoms with Gasteiger partial charge in [0.1, 0.15) is 5.82 Å². The number of carbonyl (C=O) groups is 1. The number of anilines is 2. The van der Waals surface area contributed by atoms with E-state index < -0.39 is 0 Å². The van der Waals surface area contributed by atoms with Crippen molar-refractivity contribution in [2.45, 2.75) is 25.8 Å². The molecule has 1 aromatic carbocycles. The lowest BCUT2D eigenvalue weighted by Crippen LogP contribution is -2.30. The van der Waals surface area contributed by atoms with Gasteiger partial charge in [-0.15, -0.1) is 6.58 Å². The molecule has 2 aromatic heterocycles. The number of hydrogen-bond acceptors (Lipinski definition) is 5. The van der Waals surface area contributed by atoms with Gasteiger partial charge in [0.15, 0.2) is 4.77 Å². The molecule has 1 aliphatic rings. The Labute approximate surface area is 179 Å². The summed E-state index contributed by atoms with van der Waals surface area (Å²) in [5.41, 5.74) is 1.36. The van der Waals surface area contributed by atoms with Crippen molar-refractivity contribution in [2.75, 3.05) is 23.3 Å². The molecule has 1 aliphatic heterocycles. The SMILES string of the molecule is C=CCn1c(=S)[nH]c2cc(C(=O)Nc3ccc(N4CCCCC4)nc3)ccc2c1=O. The van der Waals surface area contributed by atoms with Crippen molar-refractivity contribution in [3.63, 3.8) is 0 Å². The molecule has 7 nitrogen and oxygen atoms in total. The van der Waals surface area contributed by atoms with Crippen LogP contribution in [0.15, 0.2) is 54.0 Å². The molecule has 1 saturated heterocycles. The lowest BCUT2D eigenvalue weighted by Gasteiger charge is -2.27. The summed E-state index contributed by atoms with van der Waals surface area (Å²) >= 11 is 5.26. The summed E-state index contributed by atoms with van der Waals surface area (Å²) in [6.07, 6.45) is 6.92. The van der Waals surface area contributed by atoms with Crippen molar-refractivity contribution in [1.82, 2.24) is 14.5 Å². The lowest BCUT2D eigenvalue weighted by molar-refractivity contribution is 0.102. The van der Waals surface area contributed by atoms with Crippen LogP contribution in [-0.4, -0.2) is 33.5 Å². The molecule has 0 unspecified atom stereocenters. The van der Waals surface area contributed by atoms with E-state index in [4.69, 9.17) is 12.2 Å². The van der Waals surface area contributed by atoms with E-state index in [1.807, 2.05) is 12.1 Å². The number of nitrogens with one attached hydrogen (secondary N) is 2. The maximum Gasteiger partial charge on any atom is 0.262 e. The molecule has 4 rings (SSSR count). The van der Waals surface area contributed by atoms with Crippen molar-refractivity contribution < 1.29 is 4.79 Å². The van der Waals surface area contributed by atoms with E-state index in [0.29, 0.717) is 33.5 Å². The first-order chi connectivity index (χ1) is 14.6. The number of nitrogens with zero attached hydrogens (tertiary/aromatic N) is 3. The van der Waals surface area contributed by atoms with Gasteiger partial charge in [0.2, 0.25) is 0 Å². The first kappa shape index (κ1) is 20.0.